The molecule has 1 aliphatic carbocycles. The number of rotatable bonds is 4. The number of aromatic nitrogens is 1. The second kappa shape index (κ2) is 7.37. The van der Waals surface area contributed by atoms with Crippen LogP contribution in [0, 0.1) is 0 Å². The van der Waals surface area contributed by atoms with Crippen molar-refractivity contribution in [1.29, 1.82) is 0 Å². The van der Waals surface area contributed by atoms with Crippen molar-refractivity contribution < 1.29 is 4.79 Å². The van der Waals surface area contributed by atoms with E-state index in [0.717, 1.165) is 45.1 Å². The topological polar surface area (TPSA) is 54.4 Å². The number of nitrogens with one attached hydrogen (secondary N) is 1. The van der Waals surface area contributed by atoms with Gasteiger partial charge in [0.05, 0.1) is 21.7 Å². The van der Waals surface area contributed by atoms with Crippen molar-refractivity contribution in [3.8, 4) is 0 Å². The highest BCUT2D eigenvalue weighted by Crippen LogP contribution is 2.29. The molecule has 0 unspecified atom stereocenters. The minimum Gasteiger partial charge on any atom is -0.272 e. The molecule has 1 aromatic heterocycles. The number of thioether (sulfide) groups is 1. The lowest BCUT2D eigenvalue weighted by Crippen LogP contribution is -2.23. The summed E-state index contributed by atoms with van der Waals surface area (Å²) < 4.78 is 2.05. The number of carbonyl (C=O) groups excluding carboxylic acids is 1. The van der Waals surface area contributed by atoms with Crippen LogP contribution in [0.5, 0.6) is 0 Å². The maximum Gasteiger partial charge on any atom is 0.250 e. The van der Waals surface area contributed by atoms with Crippen LogP contribution in [0.3, 0.4) is 0 Å². The minimum absolute atomic E-state index is 0.0974. The Labute approximate surface area is 154 Å². The van der Waals surface area contributed by atoms with Gasteiger partial charge in [0.25, 0.3) is 5.91 Å². The lowest BCUT2D eigenvalue weighted by atomic mass is 9.90. The molecule has 0 saturated carbocycles. The molecular formula is C19H17N3OS2. The van der Waals surface area contributed by atoms with Crippen molar-refractivity contribution in [3.63, 3.8) is 0 Å². The third kappa shape index (κ3) is 3.75. The van der Waals surface area contributed by atoms with Crippen molar-refractivity contribution >= 4 is 44.9 Å². The van der Waals surface area contributed by atoms with Crippen molar-refractivity contribution in [2.45, 2.75) is 23.6 Å². The number of aryl methyl sites for hydroxylation is 1. The zero-order chi connectivity index (χ0) is 17.1. The number of amides is 1. The van der Waals surface area contributed by atoms with E-state index in [1.807, 2.05) is 30.3 Å². The van der Waals surface area contributed by atoms with E-state index in [-0.39, 0.29) is 5.91 Å². The molecule has 2 aromatic carbocycles. The van der Waals surface area contributed by atoms with Crippen LogP contribution in [0.2, 0.25) is 0 Å². The van der Waals surface area contributed by atoms with Crippen LogP contribution < -0.4 is 5.43 Å². The molecule has 0 saturated heterocycles. The van der Waals surface area contributed by atoms with E-state index >= 15 is 0 Å². The Morgan fingerprint density at radius 2 is 2.00 bits per heavy atom. The number of hydrazone groups is 1. The summed E-state index contributed by atoms with van der Waals surface area (Å²) in [5.41, 5.74) is 7.13. The summed E-state index contributed by atoms with van der Waals surface area (Å²) in [5, 5.41) is 4.37. The van der Waals surface area contributed by atoms with E-state index in [4.69, 9.17) is 0 Å². The van der Waals surface area contributed by atoms with Gasteiger partial charge >= 0.3 is 0 Å². The van der Waals surface area contributed by atoms with Crippen LogP contribution in [-0.2, 0) is 11.2 Å². The molecule has 25 heavy (non-hydrogen) atoms. The first kappa shape index (κ1) is 16.3. The second-order valence-corrected chi connectivity index (χ2v) is 8.09. The lowest BCUT2D eigenvalue weighted by Gasteiger charge is -2.17. The summed E-state index contributed by atoms with van der Waals surface area (Å²) in [5.74, 6) is 0.220. The highest BCUT2D eigenvalue weighted by atomic mass is 32.2. The van der Waals surface area contributed by atoms with Crippen LogP contribution >= 0.6 is 23.1 Å². The molecule has 1 aliphatic rings. The maximum atomic E-state index is 12.1. The molecule has 0 aliphatic heterocycles. The number of hydrogen-bond donors (Lipinski definition) is 1. The first-order valence-electron chi connectivity index (χ1n) is 8.21. The molecule has 126 valence electrons. The van der Waals surface area contributed by atoms with E-state index in [1.165, 1.54) is 17.3 Å². The number of carbonyl (C=O) groups is 1. The summed E-state index contributed by atoms with van der Waals surface area (Å²) in [4.78, 5) is 16.7. The normalized spacial score (nSPS) is 15.3. The highest BCUT2D eigenvalue weighted by Gasteiger charge is 2.15. The van der Waals surface area contributed by atoms with Gasteiger partial charge in [-0.1, -0.05) is 48.2 Å². The maximum absolute atomic E-state index is 12.1. The first-order chi connectivity index (χ1) is 12.3. The SMILES string of the molecule is O=C(CSc1nc2ccccc2s1)N/N=C1/CCCc2ccccc21. The Hall–Kier alpha value is -2.18. The molecule has 0 fully saturated rings. The Morgan fingerprint density at radius 1 is 1.16 bits per heavy atom. The second-order valence-electron chi connectivity index (χ2n) is 5.84. The standard InChI is InChI=1S/C19H17N3OS2/c23-18(12-24-19-20-16-9-3-4-11-17(16)25-19)22-21-15-10-5-7-13-6-1-2-8-14(13)15/h1-4,6,8-9,11H,5,7,10,12H2,(H,22,23)/b21-15-. The summed E-state index contributed by atoms with van der Waals surface area (Å²) in [6.07, 6.45) is 3.06. The average Bonchev–Trinajstić information content (AvgIpc) is 3.07. The van der Waals surface area contributed by atoms with Crippen LogP contribution in [-0.4, -0.2) is 22.4 Å². The van der Waals surface area contributed by atoms with Crippen LogP contribution in [0.25, 0.3) is 10.2 Å². The third-order valence-corrected chi connectivity index (χ3v) is 6.28. The van der Waals surface area contributed by atoms with Crippen molar-refractivity contribution in [2.24, 2.45) is 5.10 Å². The van der Waals surface area contributed by atoms with Gasteiger partial charge in [0.2, 0.25) is 0 Å². The van der Waals surface area contributed by atoms with Gasteiger partial charge in [-0.2, -0.15) is 5.10 Å². The van der Waals surface area contributed by atoms with Crippen LogP contribution in [0.1, 0.15) is 24.0 Å². The molecule has 6 heteroatoms. The molecule has 0 bridgehead atoms. The van der Waals surface area contributed by atoms with Gasteiger partial charge in [-0.25, -0.2) is 10.4 Å². The molecule has 4 rings (SSSR count). The fourth-order valence-electron chi connectivity index (χ4n) is 2.92. The van der Waals surface area contributed by atoms with Crippen molar-refractivity contribution in [2.75, 3.05) is 5.75 Å². The molecule has 1 N–H and O–H groups in total. The quantitative estimate of drug-likeness (QED) is 0.554. The van der Waals surface area contributed by atoms with Gasteiger partial charge in [-0.15, -0.1) is 11.3 Å². The van der Waals surface area contributed by atoms with E-state index in [1.54, 1.807) is 11.3 Å². The Kier molecular flexibility index (Phi) is 4.81. The smallest absolute Gasteiger partial charge is 0.250 e. The molecule has 0 spiro atoms. The number of benzene rings is 2. The molecule has 3 aromatic rings. The molecule has 1 amide bonds. The Bertz CT molecular complexity index is 916. The zero-order valence-corrected chi connectivity index (χ0v) is 15.2. The number of para-hydroxylation sites is 1. The van der Waals surface area contributed by atoms with Gasteiger partial charge in [0.1, 0.15) is 0 Å². The molecule has 1 heterocycles. The Morgan fingerprint density at radius 3 is 2.92 bits per heavy atom. The third-order valence-electron chi connectivity index (χ3n) is 4.10. The van der Waals surface area contributed by atoms with Crippen LogP contribution in [0.15, 0.2) is 58.0 Å². The average molecular weight is 367 g/mol. The number of nitrogens with zero attached hydrogens (tertiary/aromatic N) is 2. The van der Waals surface area contributed by atoms with Gasteiger partial charge in [-0.05, 0) is 37.0 Å². The predicted octanol–water partition coefficient (Wildman–Crippen LogP) is 4.25. The number of thiazole rings is 1. The lowest BCUT2D eigenvalue weighted by molar-refractivity contribution is -0.118. The first-order valence-corrected chi connectivity index (χ1v) is 10.0. The fourth-order valence-corrected chi connectivity index (χ4v) is 4.78. The van der Waals surface area contributed by atoms with Gasteiger partial charge < -0.3 is 0 Å². The fraction of sp³-hybridized carbons (Fsp3) is 0.211. The summed E-state index contributed by atoms with van der Waals surface area (Å²) in [6.45, 7) is 0. The van der Waals surface area contributed by atoms with Gasteiger partial charge in [0, 0.05) is 5.56 Å². The molecule has 0 radical (unpaired) electrons. The monoisotopic (exact) mass is 367 g/mol. The van der Waals surface area contributed by atoms with Crippen molar-refractivity contribution in [1.82, 2.24) is 10.4 Å². The van der Waals surface area contributed by atoms with Gasteiger partial charge in [0.15, 0.2) is 4.34 Å². The molecular weight excluding hydrogens is 350 g/mol. The Balaban J connectivity index is 1.38. The van der Waals surface area contributed by atoms with Crippen molar-refractivity contribution in [3.05, 3.63) is 59.7 Å². The van der Waals surface area contributed by atoms with Crippen LogP contribution in [0.4, 0.5) is 0 Å². The number of hydrogen-bond acceptors (Lipinski definition) is 5. The molecule has 4 nitrogen and oxygen atoms in total. The summed E-state index contributed by atoms with van der Waals surface area (Å²) in [6, 6.07) is 16.3. The van der Waals surface area contributed by atoms with E-state index in [9.17, 15) is 4.79 Å². The largest absolute Gasteiger partial charge is 0.272 e. The predicted molar refractivity (Wildman–Crippen MR) is 104 cm³/mol. The summed E-state index contributed by atoms with van der Waals surface area (Å²) in [7, 11) is 0. The minimum atomic E-state index is -0.0974. The zero-order valence-electron chi connectivity index (χ0n) is 13.6. The van der Waals surface area contributed by atoms with E-state index < -0.39 is 0 Å². The highest BCUT2D eigenvalue weighted by molar-refractivity contribution is 8.01. The molecule has 0 atom stereocenters. The van der Waals surface area contributed by atoms with Gasteiger partial charge in [-0.3, -0.25) is 4.79 Å². The number of fused-ring (bicyclic) bond motifs is 2. The van der Waals surface area contributed by atoms with E-state index in [0.29, 0.717) is 5.75 Å². The summed E-state index contributed by atoms with van der Waals surface area (Å²) >= 11 is 3.06. The van der Waals surface area contributed by atoms with E-state index in [2.05, 4.69) is 33.7 Å².